The molecule has 2 aromatic carbocycles. The Balaban J connectivity index is 0.00000441. The van der Waals surface area contributed by atoms with Gasteiger partial charge in [-0.15, -0.1) is 12.4 Å². The van der Waals surface area contributed by atoms with E-state index in [0.717, 1.165) is 0 Å². The van der Waals surface area contributed by atoms with Crippen molar-refractivity contribution in [3.05, 3.63) is 94.7 Å². The lowest BCUT2D eigenvalue weighted by Gasteiger charge is -2.31. The number of nitrogens with zero attached hydrogens (tertiary/aromatic N) is 2. The van der Waals surface area contributed by atoms with Crippen molar-refractivity contribution in [2.45, 2.75) is 12.0 Å². The van der Waals surface area contributed by atoms with E-state index in [-0.39, 0.29) is 36.2 Å². The van der Waals surface area contributed by atoms with Crippen molar-refractivity contribution in [3.8, 4) is 35.2 Å². The SMILES string of the molecule is COc1ccccc1C#CC1=CC(Cc2cnc(N)nc2N)=CC(C(=O)O)C1(O)C#Cc1ccccc1OC.Cl. The van der Waals surface area contributed by atoms with Crippen LogP contribution in [-0.4, -0.2) is 46.0 Å². The van der Waals surface area contributed by atoms with Gasteiger partial charge in [0.25, 0.3) is 0 Å². The van der Waals surface area contributed by atoms with Crippen molar-refractivity contribution in [2.24, 2.45) is 5.92 Å². The number of methoxy groups -OCH3 is 2. The van der Waals surface area contributed by atoms with Gasteiger partial charge in [0.2, 0.25) is 5.95 Å². The number of rotatable bonds is 5. The molecule has 0 amide bonds. The predicted molar refractivity (Wildman–Crippen MR) is 154 cm³/mol. The molecule has 0 aliphatic heterocycles. The number of aliphatic hydroxyl groups is 1. The minimum atomic E-state index is -2.16. The zero-order chi connectivity index (χ0) is 28.0. The Morgan fingerprint density at radius 2 is 1.60 bits per heavy atom. The third-order valence-electron chi connectivity index (χ3n) is 6.08. The summed E-state index contributed by atoms with van der Waals surface area (Å²) in [5.74, 6) is 10.1. The molecule has 1 aliphatic rings. The van der Waals surface area contributed by atoms with Crippen LogP contribution in [-0.2, 0) is 11.2 Å². The number of nitrogen functional groups attached to an aromatic ring is 2. The summed E-state index contributed by atoms with van der Waals surface area (Å²) < 4.78 is 10.7. The highest BCUT2D eigenvalue weighted by molar-refractivity contribution is 5.85. The van der Waals surface area contributed by atoms with E-state index in [1.165, 1.54) is 26.5 Å². The Morgan fingerprint density at radius 1 is 1.00 bits per heavy atom. The van der Waals surface area contributed by atoms with Crippen LogP contribution in [0.5, 0.6) is 11.5 Å². The Morgan fingerprint density at radius 3 is 2.17 bits per heavy atom. The molecule has 9 nitrogen and oxygen atoms in total. The van der Waals surface area contributed by atoms with Gasteiger partial charge < -0.3 is 31.2 Å². The van der Waals surface area contributed by atoms with Crippen molar-refractivity contribution >= 4 is 30.1 Å². The number of benzene rings is 2. The van der Waals surface area contributed by atoms with Crippen LogP contribution >= 0.6 is 12.4 Å². The van der Waals surface area contributed by atoms with Crippen molar-refractivity contribution in [1.29, 1.82) is 0 Å². The van der Waals surface area contributed by atoms with Gasteiger partial charge in [0.15, 0.2) is 5.60 Å². The van der Waals surface area contributed by atoms with Crippen LogP contribution in [0.2, 0.25) is 0 Å². The van der Waals surface area contributed by atoms with Gasteiger partial charge in [-0.3, -0.25) is 4.79 Å². The zero-order valence-corrected chi connectivity index (χ0v) is 22.5. The lowest BCUT2D eigenvalue weighted by atomic mass is 9.75. The number of ether oxygens (including phenoxy) is 2. The number of allylic oxidation sites excluding steroid dienone is 2. The molecule has 0 radical (unpaired) electrons. The Bertz CT molecular complexity index is 1610. The molecular weight excluding hydrogens is 532 g/mol. The monoisotopic (exact) mass is 558 g/mol. The summed E-state index contributed by atoms with van der Waals surface area (Å²) >= 11 is 0. The normalized spacial score (nSPS) is 17.4. The second kappa shape index (κ2) is 12.7. The number of para-hydroxylation sites is 2. The standard InChI is InChI=1S/C30H26N4O5.ClH/c1-38-25-9-5-3-7-20(25)11-12-23-16-19(15-22-18-33-29(32)34-27(22)31)17-24(28(35)36)30(23,37)14-13-21-8-4-6-10-26(21)39-2;/h3-10,16-18,24,37H,15H2,1-2H3,(H,35,36)(H4,31,32,33,34);1H. The number of carboxylic acid groups (broad SMARTS) is 1. The quantitative estimate of drug-likeness (QED) is 0.346. The molecule has 0 spiro atoms. The summed E-state index contributed by atoms with van der Waals surface area (Å²) in [7, 11) is 3.03. The smallest absolute Gasteiger partial charge is 0.314 e. The molecule has 1 heterocycles. The largest absolute Gasteiger partial charge is 0.495 e. The summed E-state index contributed by atoms with van der Waals surface area (Å²) in [6.07, 6.45) is 4.70. The van der Waals surface area contributed by atoms with Crippen molar-refractivity contribution in [3.63, 3.8) is 0 Å². The maximum atomic E-state index is 12.5. The molecule has 1 aromatic heterocycles. The first-order chi connectivity index (χ1) is 18.7. The molecule has 0 bridgehead atoms. The first-order valence-electron chi connectivity index (χ1n) is 11.8. The molecule has 0 saturated carbocycles. The topological polar surface area (TPSA) is 154 Å². The highest BCUT2D eigenvalue weighted by atomic mass is 35.5. The Hall–Kier alpha value is -4.96. The van der Waals surface area contributed by atoms with Crippen molar-refractivity contribution in [2.75, 3.05) is 25.7 Å². The minimum Gasteiger partial charge on any atom is -0.495 e. The van der Waals surface area contributed by atoms with Gasteiger partial charge >= 0.3 is 5.97 Å². The van der Waals surface area contributed by atoms with Gasteiger partial charge in [0.05, 0.1) is 25.3 Å². The number of halogens is 1. The van der Waals surface area contributed by atoms with E-state index in [1.807, 2.05) is 0 Å². The summed E-state index contributed by atoms with van der Waals surface area (Å²) in [4.78, 5) is 20.4. The molecular formula is C30H27ClN4O5. The summed E-state index contributed by atoms with van der Waals surface area (Å²) in [5, 5.41) is 22.0. The molecule has 6 N–H and O–H groups in total. The molecule has 40 heavy (non-hydrogen) atoms. The van der Waals surface area contributed by atoms with E-state index >= 15 is 0 Å². The first-order valence-corrected chi connectivity index (χ1v) is 11.8. The van der Waals surface area contributed by atoms with Gasteiger partial charge in [-0.2, -0.15) is 4.98 Å². The number of nitrogens with two attached hydrogens (primary N) is 2. The Labute approximate surface area is 238 Å². The van der Waals surface area contributed by atoms with E-state index in [2.05, 4.69) is 33.6 Å². The molecule has 2 atom stereocenters. The Kier molecular flexibility index (Phi) is 9.41. The molecule has 3 aromatic rings. The maximum absolute atomic E-state index is 12.5. The third kappa shape index (κ3) is 6.36. The van der Waals surface area contributed by atoms with Gasteiger partial charge in [-0.05, 0) is 35.9 Å². The second-order valence-electron chi connectivity index (χ2n) is 8.60. The number of aromatic nitrogens is 2. The summed E-state index contributed by atoms with van der Waals surface area (Å²) in [5.41, 5.74) is 11.7. The van der Waals surface area contributed by atoms with Crippen LogP contribution in [0.25, 0.3) is 0 Å². The minimum absolute atomic E-state index is 0. The van der Waals surface area contributed by atoms with Crippen molar-refractivity contribution < 1.29 is 24.5 Å². The van der Waals surface area contributed by atoms with Gasteiger partial charge in [-0.25, -0.2) is 4.98 Å². The van der Waals surface area contributed by atoms with Crippen LogP contribution in [0, 0.1) is 29.6 Å². The number of carbonyl (C=O) groups is 1. The molecule has 0 saturated heterocycles. The number of carboxylic acids is 1. The lowest BCUT2D eigenvalue weighted by molar-refractivity contribution is -0.144. The molecule has 0 fully saturated rings. The average Bonchev–Trinajstić information content (AvgIpc) is 2.93. The van der Waals surface area contributed by atoms with Crippen LogP contribution in [0.3, 0.4) is 0 Å². The number of anilines is 2. The van der Waals surface area contributed by atoms with Crippen LogP contribution in [0.4, 0.5) is 11.8 Å². The van der Waals surface area contributed by atoms with E-state index in [0.29, 0.717) is 33.8 Å². The highest BCUT2D eigenvalue weighted by Gasteiger charge is 2.44. The molecule has 1 aliphatic carbocycles. The van der Waals surface area contributed by atoms with Crippen molar-refractivity contribution in [1.82, 2.24) is 9.97 Å². The van der Waals surface area contributed by atoms with E-state index in [9.17, 15) is 15.0 Å². The number of aliphatic carboxylic acids is 1. The van der Waals surface area contributed by atoms with E-state index < -0.39 is 17.5 Å². The fourth-order valence-electron chi connectivity index (χ4n) is 4.07. The molecule has 10 heteroatoms. The van der Waals surface area contributed by atoms with Gasteiger partial charge in [-0.1, -0.05) is 54.0 Å². The van der Waals surface area contributed by atoms with Gasteiger partial charge in [0.1, 0.15) is 23.2 Å². The third-order valence-corrected chi connectivity index (χ3v) is 6.08. The van der Waals surface area contributed by atoms with E-state index in [1.54, 1.807) is 54.6 Å². The first kappa shape index (κ1) is 29.6. The maximum Gasteiger partial charge on any atom is 0.314 e. The summed E-state index contributed by atoms with van der Waals surface area (Å²) in [6, 6.07) is 14.1. The number of hydrogen-bond acceptors (Lipinski definition) is 8. The van der Waals surface area contributed by atoms with Crippen LogP contribution in [0.1, 0.15) is 16.7 Å². The highest BCUT2D eigenvalue weighted by Crippen LogP contribution is 2.35. The second-order valence-corrected chi connectivity index (χ2v) is 8.60. The van der Waals surface area contributed by atoms with Gasteiger partial charge in [0, 0.05) is 23.8 Å². The molecule has 2 unspecified atom stereocenters. The summed E-state index contributed by atoms with van der Waals surface area (Å²) in [6.45, 7) is 0. The molecule has 204 valence electrons. The fourth-order valence-corrected chi connectivity index (χ4v) is 4.07. The lowest BCUT2D eigenvalue weighted by Crippen LogP contribution is -2.43. The predicted octanol–water partition coefficient (Wildman–Crippen LogP) is 3.02. The zero-order valence-electron chi connectivity index (χ0n) is 21.7. The van der Waals surface area contributed by atoms with E-state index in [4.69, 9.17) is 20.9 Å². The average molecular weight is 559 g/mol. The van der Waals surface area contributed by atoms with Crippen LogP contribution < -0.4 is 20.9 Å². The molecule has 4 rings (SSSR count). The van der Waals surface area contributed by atoms with Crippen LogP contribution in [0.15, 0.2) is 78.0 Å². The number of hydrogen-bond donors (Lipinski definition) is 4. The fraction of sp³-hybridized carbons (Fsp3) is 0.167.